The fourth-order valence-corrected chi connectivity index (χ4v) is 4.42. The van der Waals surface area contributed by atoms with Gasteiger partial charge in [-0.25, -0.2) is 4.39 Å². The number of aliphatic hydroxyl groups is 1. The van der Waals surface area contributed by atoms with Gasteiger partial charge in [0.05, 0.1) is 30.9 Å². The zero-order valence-electron chi connectivity index (χ0n) is 19.6. The van der Waals surface area contributed by atoms with Crippen molar-refractivity contribution in [2.24, 2.45) is 0 Å². The molecular formula is C27H23ClFNO5. The first kappa shape index (κ1) is 24.3. The molecule has 1 amide bonds. The second-order valence-corrected chi connectivity index (χ2v) is 8.58. The molecule has 1 aliphatic heterocycles. The van der Waals surface area contributed by atoms with Gasteiger partial charge in [0.1, 0.15) is 23.1 Å². The van der Waals surface area contributed by atoms with Crippen molar-refractivity contribution in [3.05, 3.63) is 93.3 Å². The largest absolute Gasteiger partial charge is 0.507 e. The summed E-state index contributed by atoms with van der Waals surface area (Å²) < 4.78 is 24.4. The summed E-state index contributed by atoms with van der Waals surface area (Å²) in [6, 6.07) is 13.0. The number of carbonyl (C=O) groups excluding carboxylic acids is 2. The van der Waals surface area contributed by atoms with Crippen molar-refractivity contribution in [3.8, 4) is 11.5 Å². The molecule has 4 rings (SSSR count). The number of benzene rings is 3. The SMILES string of the molecule is COc1ccc(C2/C(=C(\O)c3cc(C)c(OC)cc3C)C(=O)C(=O)N2c2ccc(F)c(Cl)c2)cc1. The highest BCUT2D eigenvalue weighted by molar-refractivity contribution is 6.51. The third-order valence-electron chi connectivity index (χ3n) is 6.05. The lowest BCUT2D eigenvalue weighted by Crippen LogP contribution is -2.29. The first-order chi connectivity index (χ1) is 16.7. The summed E-state index contributed by atoms with van der Waals surface area (Å²) in [4.78, 5) is 27.8. The van der Waals surface area contributed by atoms with Gasteiger partial charge in [0, 0.05) is 11.3 Å². The molecule has 1 unspecified atom stereocenters. The average molecular weight is 496 g/mol. The lowest BCUT2D eigenvalue weighted by atomic mass is 9.93. The zero-order chi connectivity index (χ0) is 25.4. The third kappa shape index (κ3) is 4.23. The van der Waals surface area contributed by atoms with Crippen LogP contribution in [0, 0.1) is 19.7 Å². The molecule has 1 fully saturated rings. The van der Waals surface area contributed by atoms with Gasteiger partial charge in [-0.2, -0.15) is 0 Å². The van der Waals surface area contributed by atoms with Gasteiger partial charge in [0.2, 0.25) is 0 Å². The lowest BCUT2D eigenvalue weighted by Gasteiger charge is -2.26. The monoisotopic (exact) mass is 495 g/mol. The number of carbonyl (C=O) groups is 2. The molecule has 1 aliphatic rings. The van der Waals surface area contributed by atoms with E-state index in [4.69, 9.17) is 21.1 Å². The van der Waals surface area contributed by atoms with Crippen LogP contribution in [0.3, 0.4) is 0 Å². The average Bonchev–Trinajstić information content (AvgIpc) is 3.12. The normalized spacial score (nSPS) is 17.1. The Morgan fingerprint density at radius 1 is 0.971 bits per heavy atom. The van der Waals surface area contributed by atoms with Crippen molar-refractivity contribution >= 4 is 34.7 Å². The first-order valence-electron chi connectivity index (χ1n) is 10.7. The topological polar surface area (TPSA) is 76.1 Å². The Morgan fingerprint density at radius 2 is 1.66 bits per heavy atom. The maximum Gasteiger partial charge on any atom is 0.300 e. The van der Waals surface area contributed by atoms with Crippen LogP contribution in [0.25, 0.3) is 5.76 Å². The lowest BCUT2D eigenvalue weighted by molar-refractivity contribution is -0.132. The number of methoxy groups -OCH3 is 2. The van der Waals surface area contributed by atoms with Crippen molar-refractivity contribution in [1.82, 2.24) is 0 Å². The van der Waals surface area contributed by atoms with E-state index in [1.54, 1.807) is 50.4 Å². The predicted molar refractivity (Wildman–Crippen MR) is 132 cm³/mol. The van der Waals surface area contributed by atoms with Crippen molar-refractivity contribution in [2.75, 3.05) is 19.1 Å². The Balaban J connectivity index is 1.97. The standard InChI is InChI=1S/C27H23ClFNO5/c1-14-12-22(35-4)15(2)11-19(14)25(31)23-24(16-5-8-18(34-3)9-6-16)30(27(33)26(23)32)17-7-10-21(29)20(28)13-17/h5-13,24,31H,1-4H3/b25-23+. The van der Waals surface area contributed by atoms with Crippen LogP contribution in [0.4, 0.5) is 10.1 Å². The number of ether oxygens (including phenoxy) is 2. The van der Waals surface area contributed by atoms with Gasteiger partial charge in [0.25, 0.3) is 11.7 Å². The van der Waals surface area contributed by atoms with Crippen LogP contribution in [0.2, 0.25) is 5.02 Å². The zero-order valence-corrected chi connectivity index (χ0v) is 20.3. The van der Waals surface area contributed by atoms with E-state index in [1.165, 1.54) is 24.1 Å². The maximum absolute atomic E-state index is 13.9. The van der Waals surface area contributed by atoms with Gasteiger partial charge in [-0.1, -0.05) is 23.7 Å². The number of aliphatic hydroxyl groups excluding tert-OH is 1. The molecule has 0 saturated carbocycles. The summed E-state index contributed by atoms with van der Waals surface area (Å²) in [7, 11) is 3.07. The summed E-state index contributed by atoms with van der Waals surface area (Å²) in [5.74, 6) is -1.49. The van der Waals surface area contributed by atoms with Crippen LogP contribution < -0.4 is 14.4 Å². The highest BCUT2D eigenvalue weighted by Gasteiger charge is 2.47. The smallest absolute Gasteiger partial charge is 0.300 e. The number of hydrogen-bond donors (Lipinski definition) is 1. The Kier molecular flexibility index (Phi) is 6.54. The van der Waals surface area contributed by atoms with Gasteiger partial charge in [-0.05, 0) is 73.0 Å². The van der Waals surface area contributed by atoms with Crippen LogP contribution in [0.1, 0.15) is 28.3 Å². The molecule has 1 atom stereocenters. The van der Waals surface area contributed by atoms with Crippen LogP contribution in [0.5, 0.6) is 11.5 Å². The molecule has 180 valence electrons. The number of Topliss-reactive ketones (excluding diaryl/α,β-unsaturated/α-hetero) is 1. The summed E-state index contributed by atoms with van der Waals surface area (Å²) in [6.07, 6.45) is 0. The molecule has 3 aromatic carbocycles. The highest BCUT2D eigenvalue weighted by Crippen LogP contribution is 2.43. The van der Waals surface area contributed by atoms with E-state index >= 15 is 0 Å². The number of aryl methyl sites for hydroxylation is 2. The number of hydrogen-bond acceptors (Lipinski definition) is 5. The fourth-order valence-electron chi connectivity index (χ4n) is 4.25. The Morgan fingerprint density at radius 3 is 2.26 bits per heavy atom. The summed E-state index contributed by atoms with van der Waals surface area (Å²) in [5.41, 5.74) is 2.50. The van der Waals surface area contributed by atoms with Crippen molar-refractivity contribution in [2.45, 2.75) is 19.9 Å². The number of ketones is 1. The van der Waals surface area contributed by atoms with Crippen molar-refractivity contribution < 1.29 is 28.6 Å². The predicted octanol–water partition coefficient (Wildman–Crippen LogP) is 5.74. The number of amides is 1. The van der Waals surface area contributed by atoms with Crippen molar-refractivity contribution in [3.63, 3.8) is 0 Å². The molecule has 0 bridgehead atoms. The van der Waals surface area contributed by atoms with Crippen LogP contribution in [-0.4, -0.2) is 31.0 Å². The van der Waals surface area contributed by atoms with Crippen LogP contribution in [-0.2, 0) is 9.59 Å². The Labute approximate surface area is 207 Å². The van der Waals surface area contributed by atoms with E-state index in [0.717, 1.165) is 11.6 Å². The molecule has 35 heavy (non-hydrogen) atoms. The third-order valence-corrected chi connectivity index (χ3v) is 6.34. The summed E-state index contributed by atoms with van der Waals surface area (Å²) in [5, 5.41) is 11.2. The number of nitrogens with zero attached hydrogens (tertiary/aromatic N) is 1. The highest BCUT2D eigenvalue weighted by atomic mass is 35.5. The molecule has 1 saturated heterocycles. The van der Waals surface area contributed by atoms with E-state index in [0.29, 0.717) is 28.2 Å². The van der Waals surface area contributed by atoms with E-state index in [9.17, 15) is 19.1 Å². The molecule has 0 aliphatic carbocycles. The van der Waals surface area contributed by atoms with Crippen molar-refractivity contribution in [1.29, 1.82) is 0 Å². The minimum absolute atomic E-state index is 0.0896. The van der Waals surface area contributed by atoms with Gasteiger partial charge in [0.15, 0.2) is 0 Å². The number of halogens is 2. The second-order valence-electron chi connectivity index (χ2n) is 8.18. The summed E-state index contributed by atoms with van der Waals surface area (Å²) in [6.45, 7) is 3.59. The molecule has 1 N–H and O–H groups in total. The minimum Gasteiger partial charge on any atom is -0.507 e. The second kappa shape index (κ2) is 9.43. The molecule has 6 nitrogen and oxygen atoms in total. The molecule has 0 spiro atoms. The minimum atomic E-state index is -0.982. The Bertz CT molecular complexity index is 1370. The van der Waals surface area contributed by atoms with Gasteiger partial charge >= 0.3 is 0 Å². The molecule has 1 heterocycles. The van der Waals surface area contributed by atoms with Gasteiger partial charge in [-0.3, -0.25) is 14.5 Å². The summed E-state index contributed by atoms with van der Waals surface area (Å²) >= 11 is 5.98. The van der Waals surface area contributed by atoms with Gasteiger partial charge < -0.3 is 14.6 Å². The van der Waals surface area contributed by atoms with Crippen LogP contribution >= 0.6 is 11.6 Å². The molecule has 0 aromatic heterocycles. The van der Waals surface area contributed by atoms with E-state index in [-0.39, 0.29) is 22.0 Å². The number of rotatable bonds is 5. The molecule has 8 heteroatoms. The van der Waals surface area contributed by atoms with E-state index < -0.39 is 23.5 Å². The molecular weight excluding hydrogens is 473 g/mol. The van der Waals surface area contributed by atoms with E-state index in [1.807, 2.05) is 6.92 Å². The van der Waals surface area contributed by atoms with E-state index in [2.05, 4.69) is 0 Å². The van der Waals surface area contributed by atoms with Gasteiger partial charge in [-0.15, -0.1) is 0 Å². The number of anilines is 1. The first-order valence-corrected chi connectivity index (χ1v) is 11.1. The molecule has 0 radical (unpaired) electrons. The van der Waals surface area contributed by atoms with Crippen LogP contribution in [0.15, 0.2) is 60.2 Å². The maximum atomic E-state index is 13.9. The quantitative estimate of drug-likeness (QED) is 0.277. The fraction of sp³-hybridized carbons (Fsp3) is 0.185. The molecule has 3 aromatic rings. The Hall–Kier alpha value is -3.84.